The first kappa shape index (κ1) is 13.8. The van der Waals surface area contributed by atoms with E-state index in [1.807, 2.05) is 0 Å². The maximum atomic E-state index is 11.9. The van der Waals surface area contributed by atoms with Crippen LogP contribution in [0.1, 0.15) is 27.6 Å². The number of terminal acetylenes is 1. The summed E-state index contributed by atoms with van der Waals surface area (Å²) in [7, 11) is 0. The number of carbonyl (C=O) groups is 3. The van der Waals surface area contributed by atoms with Gasteiger partial charge in [0.1, 0.15) is 6.61 Å². The molecule has 6 heteroatoms. The average molecular weight is 273 g/mol. The summed E-state index contributed by atoms with van der Waals surface area (Å²) < 4.78 is 4.95. The zero-order valence-electron chi connectivity index (χ0n) is 10.7. The summed E-state index contributed by atoms with van der Waals surface area (Å²) in [5.41, 5.74) is 0.394. The molecule has 1 aliphatic heterocycles. The summed E-state index contributed by atoms with van der Waals surface area (Å²) >= 11 is 0. The van der Waals surface area contributed by atoms with Gasteiger partial charge in [0.25, 0.3) is 11.8 Å². The largest absolute Gasteiger partial charge is 0.361 e. The van der Waals surface area contributed by atoms with Crippen LogP contribution in [-0.4, -0.2) is 35.6 Å². The Balaban J connectivity index is 2.09. The summed E-state index contributed by atoms with van der Waals surface area (Å²) in [4.78, 5) is 40.3. The number of benzene rings is 1. The van der Waals surface area contributed by atoms with Crippen LogP contribution in [0.2, 0.25) is 0 Å². The van der Waals surface area contributed by atoms with E-state index in [4.69, 9.17) is 16.0 Å². The van der Waals surface area contributed by atoms with Crippen LogP contribution in [0.3, 0.4) is 0 Å². The standard InChI is InChI=1S/C14H11NO5/c1-3-8-19-9(2)14(18)20-15-12(16)10-6-4-5-7-11(10)13(15)17/h1,4-7,9H,8H2,2H3. The average Bonchev–Trinajstić information content (AvgIpc) is 2.70. The van der Waals surface area contributed by atoms with Crippen LogP contribution in [0.25, 0.3) is 0 Å². The second-order valence-corrected chi connectivity index (χ2v) is 4.02. The summed E-state index contributed by atoms with van der Waals surface area (Å²) in [6, 6.07) is 6.21. The Morgan fingerprint density at radius 2 is 1.85 bits per heavy atom. The number of hydrogen-bond donors (Lipinski definition) is 0. The SMILES string of the molecule is C#CCOC(C)C(=O)ON1C(=O)c2ccccc2C1=O. The van der Waals surface area contributed by atoms with Crippen molar-refractivity contribution < 1.29 is 24.0 Å². The number of nitrogens with zero attached hydrogens (tertiary/aromatic N) is 1. The van der Waals surface area contributed by atoms with Gasteiger partial charge in [0.2, 0.25) is 0 Å². The number of fused-ring (bicyclic) bond motifs is 1. The third-order valence-corrected chi connectivity index (χ3v) is 2.69. The van der Waals surface area contributed by atoms with Crippen molar-refractivity contribution in [3.05, 3.63) is 35.4 Å². The van der Waals surface area contributed by atoms with Gasteiger partial charge in [-0.3, -0.25) is 9.59 Å². The number of imide groups is 1. The monoisotopic (exact) mass is 273 g/mol. The molecule has 0 saturated heterocycles. The first-order chi connectivity index (χ1) is 9.56. The van der Waals surface area contributed by atoms with Gasteiger partial charge in [-0.15, -0.1) is 6.42 Å². The molecule has 102 valence electrons. The molecule has 1 atom stereocenters. The van der Waals surface area contributed by atoms with Crippen LogP contribution >= 0.6 is 0 Å². The van der Waals surface area contributed by atoms with Crippen molar-refractivity contribution in [2.75, 3.05) is 6.61 Å². The van der Waals surface area contributed by atoms with Crippen LogP contribution in [0.15, 0.2) is 24.3 Å². The van der Waals surface area contributed by atoms with E-state index in [1.54, 1.807) is 12.1 Å². The molecule has 1 heterocycles. The minimum absolute atomic E-state index is 0.0710. The van der Waals surface area contributed by atoms with Crippen molar-refractivity contribution in [3.63, 3.8) is 0 Å². The van der Waals surface area contributed by atoms with Gasteiger partial charge in [-0.05, 0) is 19.1 Å². The maximum absolute atomic E-state index is 11.9. The zero-order valence-corrected chi connectivity index (χ0v) is 10.7. The van der Waals surface area contributed by atoms with Crippen LogP contribution in [0.5, 0.6) is 0 Å². The van der Waals surface area contributed by atoms with Gasteiger partial charge in [0.15, 0.2) is 6.10 Å². The van der Waals surface area contributed by atoms with Crippen molar-refractivity contribution in [2.45, 2.75) is 13.0 Å². The van der Waals surface area contributed by atoms with Crippen molar-refractivity contribution in [1.29, 1.82) is 0 Å². The van der Waals surface area contributed by atoms with Gasteiger partial charge in [-0.2, -0.15) is 0 Å². The van der Waals surface area contributed by atoms with Crippen LogP contribution in [0, 0.1) is 12.3 Å². The van der Waals surface area contributed by atoms with Gasteiger partial charge in [0, 0.05) is 0 Å². The predicted molar refractivity (Wildman–Crippen MR) is 67.3 cm³/mol. The molecule has 0 spiro atoms. The van der Waals surface area contributed by atoms with E-state index in [-0.39, 0.29) is 17.7 Å². The quantitative estimate of drug-likeness (QED) is 0.598. The molecule has 1 aliphatic rings. The van der Waals surface area contributed by atoms with Crippen LogP contribution < -0.4 is 0 Å². The molecule has 1 aromatic rings. The van der Waals surface area contributed by atoms with E-state index >= 15 is 0 Å². The molecule has 0 aliphatic carbocycles. The molecule has 0 bridgehead atoms. The molecule has 0 N–H and O–H groups in total. The lowest BCUT2D eigenvalue weighted by Crippen LogP contribution is -2.36. The minimum atomic E-state index is -0.977. The Morgan fingerprint density at radius 1 is 1.30 bits per heavy atom. The number of amides is 2. The number of ether oxygens (including phenoxy) is 1. The molecular formula is C14H11NO5. The van der Waals surface area contributed by atoms with Gasteiger partial charge in [-0.1, -0.05) is 23.1 Å². The summed E-state index contributed by atoms with van der Waals surface area (Å²) in [6.07, 6.45) is 4.02. The highest BCUT2D eigenvalue weighted by atomic mass is 16.7. The highest BCUT2D eigenvalue weighted by Gasteiger charge is 2.39. The first-order valence-electron chi connectivity index (χ1n) is 5.81. The molecule has 1 unspecified atom stereocenters. The second-order valence-electron chi connectivity index (χ2n) is 4.02. The lowest BCUT2D eigenvalue weighted by molar-refractivity contribution is -0.179. The molecule has 20 heavy (non-hydrogen) atoms. The first-order valence-corrected chi connectivity index (χ1v) is 5.81. The van der Waals surface area contributed by atoms with Gasteiger partial charge in [0.05, 0.1) is 11.1 Å². The maximum Gasteiger partial charge on any atom is 0.361 e. The Hall–Kier alpha value is -2.65. The van der Waals surface area contributed by atoms with E-state index in [9.17, 15) is 14.4 Å². The minimum Gasteiger partial charge on any atom is -0.354 e. The molecule has 2 amide bonds. The van der Waals surface area contributed by atoms with Gasteiger partial charge < -0.3 is 9.57 Å². The Labute approximate surface area is 115 Å². The van der Waals surface area contributed by atoms with Crippen molar-refractivity contribution in [1.82, 2.24) is 5.06 Å². The lowest BCUT2D eigenvalue weighted by Gasteiger charge is -2.15. The Bertz CT molecular complexity index is 581. The van der Waals surface area contributed by atoms with E-state index in [2.05, 4.69) is 5.92 Å². The lowest BCUT2D eigenvalue weighted by atomic mass is 10.1. The normalized spacial score (nSPS) is 14.7. The second kappa shape index (κ2) is 5.55. The number of rotatable bonds is 4. The summed E-state index contributed by atoms with van der Waals surface area (Å²) in [5, 5.41) is 0.433. The van der Waals surface area contributed by atoms with E-state index < -0.39 is 23.9 Å². The van der Waals surface area contributed by atoms with Crippen molar-refractivity contribution in [3.8, 4) is 12.3 Å². The molecule has 0 aromatic heterocycles. The Kier molecular flexibility index (Phi) is 3.82. The fraction of sp³-hybridized carbons (Fsp3) is 0.214. The summed E-state index contributed by atoms with van der Waals surface area (Å²) in [6.45, 7) is 1.34. The Morgan fingerprint density at radius 3 is 2.35 bits per heavy atom. The number of hydrogen-bond acceptors (Lipinski definition) is 5. The van der Waals surface area contributed by atoms with Gasteiger partial charge in [-0.25, -0.2) is 4.79 Å². The summed E-state index contributed by atoms with van der Waals surface area (Å²) in [5.74, 6) is -0.0200. The fourth-order valence-corrected chi connectivity index (χ4v) is 1.66. The molecular weight excluding hydrogens is 262 g/mol. The number of hydroxylamine groups is 2. The zero-order chi connectivity index (χ0) is 14.7. The highest BCUT2D eigenvalue weighted by Crippen LogP contribution is 2.22. The van der Waals surface area contributed by atoms with Crippen molar-refractivity contribution >= 4 is 17.8 Å². The van der Waals surface area contributed by atoms with E-state index in [0.29, 0.717) is 5.06 Å². The molecule has 6 nitrogen and oxygen atoms in total. The molecule has 0 saturated carbocycles. The van der Waals surface area contributed by atoms with Crippen LogP contribution in [-0.2, 0) is 14.4 Å². The van der Waals surface area contributed by atoms with E-state index in [0.717, 1.165) is 0 Å². The van der Waals surface area contributed by atoms with Crippen molar-refractivity contribution in [2.24, 2.45) is 0 Å². The molecule has 2 rings (SSSR count). The van der Waals surface area contributed by atoms with E-state index in [1.165, 1.54) is 19.1 Å². The third-order valence-electron chi connectivity index (χ3n) is 2.69. The molecule has 0 radical (unpaired) electrons. The molecule has 1 aromatic carbocycles. The highest BCUT2D eigenvalue weighted by molar-refractivity contribution is 6.20. The molecule has 0 fully saturated rings. The third kappa shape index (κ3) is 2.39. The predicted octanol–water partition coefficient (Wildman–Crippen LogP) is 0.779. The van der Waals surface area contributed by atoms with Gasteiger partial charge >= 0.3 is 5.97 Å². The fourth-order valence-electron chi connectivity index (χ4n) is 1.66. The smallest absolute Gasteiger partial charge is 0.354 e. The number of carbonyl (C=O) groups excluding carboxylic acids is 3. The van der Waals surface area contributed by atoms with Crippen LogP contribution in [0.4, 0.5) is 0 Å². The topological polar surface area (TPSA) is 72.9 Å².